The minimum absolute atomic E-state index is 0.0716. The van der Waals surface area contributed by atoms with Gasteiger partial charge in [0.25, 0.3) is 0 Å². The van der Waals surface area contributed by atoms with Gasteiger partial charge in [0.2, 0.25) is 0 Å². The van der Waals surface area contributed by atoms with Crippen molar-refractivity contribution in [3.8, 4) is 0 Å². The summed E-state index contributed by atoms with van der Waals surface area (Å²) in [5.74, 6) is -1.97. The first-order valence-electron chi connectivity index (χ1n) is 6.55. The molecule has 2 nitrogen and oxygen atoms in total. The van der Waals surface area contributed by atoms with Crippen LogP contribution in [0.4, 0.5) is 13.2 Å². The molecule has 1 aromatic carbocycles. The molecule has 0 unspecified atom stereocenters. The van der Waals surface area contributed by atoms with Crippen LogP contribution in [0.3, 0.4) is 0 Å². The van der Waals surface area contributed by atoms with Crippen molar-refractivity contribution in [3.05, 3.63) is 35.1 Å². The molecule has 0 amide bonds. The molecule has 0 saturated carbocycles. The fourth-order valence-corrected chi connectivity index (χ4v) is 1.68. The lowest BCUT2D eigenvalue weighted by molar-refractivity contribution is 0.501. The first kappa shape index (κ1) is 16.0. The normalized spacial score (nSPS) is 11.3. The van der Waals surface area contributed by atoms with Crippen molar-refractivity contribution in [2.24, 2.45) is 5.92 Å². The molecule has 1 aromatic rings. The second kappa shape index (κ2) is 8.17. The number of halogens is 3. The molecule has 0 heterocycles. The van der Waals surface area contributed by atoms with Crippen molar-refractivity contribution in [2.75, 3.05) is 19.6 Å². The average molecular weight is 274 g/mol. The Bertz CT molecular complexity index is 371. The van der Waals surface area contributed by atoms with E-state index in [0.29, 0.717) is 24.6 Å². The van der Waals surface area contributed by atoms with Gasteiger partial charge in [-0.05, 0) is 32.0 Å². The zero-order chi connectivity index (χ0) is 14.3. The molecule has 0 aliphatic carbocycles. The molecule has 108 valence electrons. The van der Waals surface area contributed by atoms with Crippen LogP contribution in [-0.4, -0.2) is 19.6 Å². The molecule has 0 atom stereocenters. The van der Waals surface area contributed by atoms with Gasteiger partial charge in [-0.1, -0.05) is 13.8 Å². The summed E-state index contributed by atoms with van der Waals surface area (Å²) in [7, 11) is 0. The van der Waals surface area contributed by atoms with Gasteiger partial charge >= 0.3 is 0 Å². The zero-order valence-corrected chi connectivity index (χ0v) is 11.4. The van der Waals surface area contributed by atoms with Crippen LogP contribution < -0.4 is 10.6 Å². The van der Waals surface area contributed by atoms with E-state index in [0.717, 1.165) is 19.5 Å². The minimum Gasteiger partial charge on any atom is -0.316 e. The third-order valence-corrected chi connectivity index (χ3v) is 2.67. The summed E-state index contributed by atoms with van der Waals surface area (Å²) in [6, 6.07) is 1.40. The Morgan fingerprint density at radius 2 is 1.58 bits per heavy atom. The van der Waals surface area contributed by atoms with Crippen LogP contribution in [0.1, 0.15) is 25.8 Å². The highest BCUT2D eigenvalue weighted by Gasteiger charge is 2.10. The first-order chi connectivity index (χ1) is 9.00. The Morgan fingerprint density at radius 3 is 2.16 bits per heavy atom. The fraction of sp³-hybridized carbons (Fsp3) is 0.571. The monoisotopic (exact) mass is 274 g/mol. The summed E-state index contributed by atoms with van der Waals surface area (Å²) in [5.41, 5.74) is -0.114. The topological polar surface area (TPSA) is 24.1 Å². The van der Waals surface area contributed by atoms with Crippen LogP contribution in [0.25, 0.3) is 0 Å². The van der Waals surface area contributed by atoms with Crippen LogP contribution in [0.15, 0.2) is 12.1 Å². The van der Waals surface area contributed by atoms with Gasteiger partial charge in [-0.3, -0.25) is 0 Å². The average Bonchev–Trinajstić information content (AvgIpc) is 2.30. The number of benzene rings is 1. The summed E-state index contributed by atoms with van der Waals surface area (Å²) < 4.78 is 39.3. The maximum absolute atomic E-state index is 13.3. The van der Waals surface area contributed by atoms with E-state index < -0.39 is 17.5 Å². The predicted molar refractivity (Wildman–Crippen MR) is 70.3 cm³/mol. The minimum atomic E-state index is -0.892. The van der Waals surface area contributed by atoms with E-state index >= 15 is 0 Å². The lowest BCUT2D eigenvalue weighted by Gasteiger charge is -2.09. The Morgan fingerprint density at radius 1 is 1.00 bits per heavy atom. The van der Waals surface area contributed by atoms with E-state index in [4.69, 9.17) is 0 Å². The molecule has 0 aromatic heterocycles. The third kappa shape index (κ3) is 6.07. The molecule has 0 saturated heterocycles. The van der Waals surface area contributed by atoms with Gasteiger partial charge in [-0.2, -0.15) is 0 Å². The summed E-state index contributed by atoms with van der Waals surface area (Å²) in [6.07, 6.45) is 0.872. The van der Waals surface area contributed by atoms with Gasteiger partial charge in [-0.15, -0.1) is 0 Å². The fourth-order valence-electron chi connectivity index (χ4n) is 1.68. The second-order valence-corrected chi connectivity index (χ2v) is 4.98. The SMILES string of the molecule is CC(C)CNCCCNCc1c(F)cc(F)cc1F. The Hall–Kier alpha value is -1.07. The molecule has 0 aliphatic rings. The number of hydrogen-bond acceptors (Lipinski definition) is 2. The van der Waals surface area contributed by atoms with E-state index in [2.05, 4.69) is 24.5 Å². The van der Waals surface area contributed by atoms with E-state index in [1.165, 1.54) is 0 Å². The molecule has 0 radical (unpaired) electrons. The quantitative estimate of drug-likeness (QED) is 0.712. The largest absolute Gasteiger partial charge is 0.316 e. The first-order valence-corrected chi connectivity index (χ1v) is 6.55. The Labute approximate surface area is 112 Å². The van der Waals surface area contributed by atoms with Crippen molar-refractivity contribution < 1.29 is 13.2 Å². The molecule has 2 N–H and O–H groups in total. The van der Waals surface area contributed by atoms with Crippen LogP contribution >= 0.6 is 0 Å². The van der Waals surface area contributed by atoms with Crippen LogP contribution in [-0.2, 0) is 6.54 Å². The van der Waals surface area contributed by atoms with Crippen molar-refractivity contribution in [1.29, 1.82) is 0 Å². The molecule has 5 heteroatoms. The van der Waals surface area contributed by atoms with Crippen molar-refractivity contribution in [3.63, 3.8) is 0 Å². The second-order valence-electron chi connectivity index (χ2n) is 4.98. The van der Waals surface area contributed by atoms with Gasteiger partial charge in [0.15, 0.2) is 0 Å². The molecular weight excluding hydrogens is 253 g/mol. The Balaban J connectivity index is 2.23. The number of hydrogen-bond donors (Lipinski definition) is 2. The summed E-state index contributed by atoms with van der Waals surface area (Å²) in [6.45, 7) is 6.81. The van der Waals surface area contributed by atoms with E-state index in [1.807, 2.05) is 0 Å². The van der Waals surface area contributed by atoms with Crippen LogP contribution in [0.5, 0.6) is 0 Å². The Kier molecular flexibility index (Phi) is 6.87. The maximum atomic E-state index is 13.3. The summed E-state index contributed by atoms with van der Waals surface area (Å²) in [5, 5.41) is 6.22. The number of nitrogens with one attached hydrogen (secondary N) is 2. The van der Waals surface area contributed by atoms with E-state index in [1.54, 1.807) is 0 Å². The van der Waals surface area contributed by atoms with Crippen molar-refractivity contribution in [1.82, 2.24) is 10.6 Å². The number of rotatable bonds is 8. The zero-order valence-electron chi connectivity index (χ0n) is 11.4. The van der Waals surface area contributed by atoms with Gasteiger partial charge < -0.3 is 10.6 Å². The lowest BCUT2D eigenvalue weighted by Crippen LogP contribution is -2.25. The smallest absolute Gasteiger partial charge is 0.133 e. The van der Waals surface area contributed by atoms with Crippen molar-refractivity contribution >= 4 is 0 Å². The summed E-state index contributed by atoms with van der Waals surface area (Å²) >= 11 is 0. The van der Waals surface area contributed by atoms with Gasteiger partial charge in [0, 0.05) is 24.2 Å². The standard InChI is InChI=1S/C14H21F3N2/c1-10(2)8-18-4-3-5-19-9-12-13(16)6-11(15)7-14(12)17/h6-7,10,18-19H,3-5,8-9H2,1-2H3. The van der Waals surface area contributed by atoms with Gasteiger partial charge in [-0.25, -0.2) is 13.2 Å². The molecule has 0 fully saturated rings. The maximum Gasteiger partial charge on any atom is 0.133 e. The van der Waals surface area contributed by atoms with Gasteiger partial charge in [0.1, 0.15) is 17.5 Å². The van der Waals surface area contributed by atoms with E-state index in [9.17, 15) is 13.2 Å². The lowest BCUT2D eigenvalue weighted by atomic mass is 10.2. The highest BCUT2D eigenvalue weighted by Crippen LogP contribution is 2.14. The molecular formula is C14H21F3N2. The van der Waals surface area contributed by atoms with Crippen LogP contribution in [0.2, 0.25) is 0 Å². The predicted octanol–water partition coefficient (Wildman–Crippen LogP) is 2.83. The molecule has 0 bridgehead atoms. The van der Waals surface area contributed by atoms with E-state index in [-0.39, 0.29) is 12.1 Å². The van der Waals surface area contributed by atoms with Crippen LogP contribution in [0, 0.1) is 23.4 Å². The highest BCUT2D eigenvalue weighted by atomic mass is 19.1. The molecule has 1 rings (SSSR count). The summed E-state index contributed by atoms with van der Waals surface area (Å²) in [4.78, 5) is 0. The molecule has 0 spiro atoms. The van der Waals surface area contributed by atoms with Gasteiger partial charge in [0.05, 0.1) is 0 Å². The molecule has 0 aliphatic heterocycles. The third-order valence-electron chi connectivity index (χ3n) is 2.67. The molecule has 19 heavy (non-hydrogen) atoms. The highest BCUT2D eigenvalue weighted by molar-refractivity contribution is 5.20. The van der Waals surface area contributed by atoms with Crippen molar-refractivity contribution in [2.45, 2.75) is 26.8 Å².